The maximum atomic E-state index is 10.7. The molecule has 0 amide bonds. The summed E-state index contributed by atoms with van der Waals surface area (Å²) >= 11 is 0. The summed E-state index contributed by atoms with van der Waals surface area (Å²) in [6, 6.07) is 12.8. The van der Waals surface area contributed by atoms with E-state index < -0.39 is 5.97 Å². The summed E-state index contributed by atoms with van der Waals surface area (Å²) in [5.41, 5.74) is 1.19. The maximum Gasteiger partial charge on any atom is 0.337 e. The Morgan fingerprint density at radius 2 is 1.94 bits per heavy atom. The van der Waals surface area contributed by atoms with Gasteiger partial charge in [-0.3, -0.25) is 0 Å². The molecule has 0 spiro atoms. The molecule has 0 saturated carbocycles. The first-order valence-corrected chi connectivity index (χ1v) is 5.58. The van der Waals surface area contributed by atoms with Crippen molar-refractivity contribution in [1.82, 2.24) is 4.98 Å². The van der Waals surface area contributed by atoms with Crippen molar-refractivity contribution < 1.29 is 14.6 Å². The molecule has 1 atom stereocenters. The van der Waals surface area contributed by atoms with E-state index in [9.17, 15) is 4.79 Å². The lowest BCUT2D eigenvalue weighted by Crippen LogP contribution is -2.05. The topological polar surface area (TPSA) is 59.4 Å². The normalized spacial score (nSPS) is 11.8. The van der Waals surface area contributed by atoms with Crippen LogP contribution >= 0.6 is 0 Å². The van der Waals surface area contributed by atoms with Gasteiger partial charge in [0.2, 0.25) is 5.88 Å². The van der Waals surface area contributed by atoms with E-state index >= 15 is 0 Å². The lowest BCUT2D eigenvalue weighted by Gasteiger charge is -2.13. The first-order valence-electron chi connectivity index (χ1n) is 5.58. The zero-order valence-electron chi connectivity index (χ0n) is 9.91. The Balaban J connectivity index is 2.08. The zero-order chi connectivity index (χ0) is 13.0. The minimum absolute atomic E-state index is 0.130. The lowest BCUT2D eigenvalue weighted by molar-refractivity contribution is 0.0696. The number of ether oxygens (including phenoxy) is 1. The molecular weight excluding hydrogens is 230 g/mol. The Kier molecular flexibility index (Phi) is 3.57. The van der Waals surface area contributed by atoms with E-state index in [0.717, 1.165) is 5.56 Å². The van der Waals surface area contributed by atoms with Crippen LogP contribution in [0.15, 0.2) is 48.7 Å². The van der Waals surface area contributed by atoms with Gasteiger partial charge in [0, 0.05) is 12.3 Å². The lowest BCUT2D eigenvalue weighted by atomic mass is 10.1. The number of aromatic nitrogens is 1. The fraction of sp³-hybridized carbons (Fsp3) is 0.143. The number of carboxylic acid groups (broad SMARTS) is 1. The number of hydrogen-bond donors (Lipinski definition) is 1. The van der Waals surface area contributed by atoms with Crippen molar-refractivity contribution in [2.75, 3.05) is 0 Å². The van der Waals surface area contributed by atoms with Crippen LogP contribution in [0.2, 0.25) is 0 Å². The highest BCUT2D eigenvalue weighted by Gasteiger charge is 2.08. The van der Waals surface area contributed by atoms with Gasteiger partial charge in [0.1, 0.15) is 6.10 Å². The zero-order valence-corrected chi connectivity index (χ0v) is 9.91. The molecule has 0 fully saturated rings. The van der Waals surface area contributed by atoms with Gasteiger partial charge in [-0.1, -0.05) is 30.3 Å². The molecule has 0 aliphatic rings. The van der Waals surface area contributed by atoms with Crippen LogP contribution in [0.1, 0.15) is 28.9 Å². The molecule has 2 aromatic rings. The number of carbonyl (C=O) groups is 1. The molecule has 0 saturated heterocycles. The Morgan fingerprint density at radius 3 is 2.50 bits per heavy atom. The fourth-order valence-electron chi connectivity index (χ4n) is 1.55. The summed E-state index contributed by atoms with van der Waals surface area (Å²) in [7, 11) is 0. The van der Waals surface area contributed by atoms with E-state index in [1.54, 1.807) is 6.07 Å². The molecule has 92 valence electrons. The summed E-state index contributed by atoms with van der Waals surface area (Å²) in [6.45, 7) is 1.92. The van der Waals surface area contributed by atoms with E-state index in [1.165, 1.54) is 12.3 Å². The van der Waals surface area contributed by atoms with Gasteiger partial charge in [0.05, 0.1) is 5.56 Å². The van der Waals surface area contributed by atoms with Crippen LogP contribution in [-0.2, 0) is 0 Å². The molecule has 2 rings (SSSR count). The van der Waals surface area contributed by atoms with Crippen molar-refractivity contribution in [2.45, 2.75) is 13.0 Å². The van der Waals surface area contributed by atoms with Crippen molar-refractivity contribution in [3.63, 3.8) is 0 Å². The smallest absolute Gasteiger partial charge is 0.337 e. The predicted molar refractivity (Wildman–Crippen MR) is 66.7 cm³/mol. The summed E-state index contributed by atoms with van der Waals surface area (Å²) in [5.74, 6) is -0.582. The molecule has 1 heterocycles. The summed E-state index contributed by atoms with van der Waals surface area (Å²) < 4.78 is 5.63. The molecule has 0 radical (unpaired) electrons. The molecule has 1 aromatic heterocycles. The minimum atomic E-state index is -0.995. The first kappa shape index (κ1) is 12.1. The quantitative estimate of drug-likeness (QED) is 0.896. The highest BCUT2D eigenvalue weighted by molar-refractivity contribution is 5.87. The Labute approximate surface area is 105 Å². The third-order valence-electron chi connectivity index (χ3n) is 2.55. The third kappa shape index (κ3) is 2.85. The highest BCUT2D eigenvalue weighted by atomic mass is 16.5. The molecule has 0 aliphatic heterocycles. The van der Waals surface area contributed by atoms with E-state index in [4.69, 9.17) is 9.84 Å². The van der Waals surface area contributed by atoms with Gasteiger partial charge in [0.15, 0.2) is 0 Å². The van der Waals surface area contributed by atoms with Crippen molar-refractivity contribution in [3.8, 4) is 5.88 Å². The maximum absolute atomic E-state index is 10.7. The summed E-state index contributed by atoms with van der Waals surface area (Å²) in [4.78, 5) is 14.6. The monoisotopic (exact) mass is 243 g/mol. The van der Waals surface area contributed by atoms with Gasteiger partial charge >= 0.3 is 5.97 Å². The first-order chi connectivity index (χ1) is 8.66. The van der Waals surface area contributed by atoms with E-state index in [0.29, 0.717) is 5.88 Å². The molecular formula is C14H13NO3. The molecule has 1 N–H and O–H groups in total. The van der Waals surface area contributed by atoms with E-state index in [2.05, 4.69) is 4.98 Å². The van der Waals surface area contributed by atoms with E-state index in [1.807, 2.05) is 37.3 Å². The van der Waals surface area contributed by atoms with E-state index in [-0.39, 0.29) is 11.7 Å². The second-order valence-corrected chi connectivity index (χ2v) is 3.86. The molecule has 0 unspecified atom stereocenters. The summed E-state index contributed by atoms with van der Waals surface area (Å²) in [6.07, 6.45) is 1.16. The van der Waals surface area contributed by atoms with Crippen LogP contribution < -0.4 is 4.74 Å². The Hall–Kier alpha value is -2.36. The van der Waals surface area contributed by atoms with Gasteiger partial charge in [-0.05, 0) is 18.6 Å². The largest absolute Gasteiger partial charge is 0.478 e. The SMILES string of the molecule is C[C@@H](Oc1ccc(C(=O)O)cn1)c1ccccc1. The number of benzene rings is 1. The Bertz CT molecular complexity index is 522. The second-order valence-electron chi connectivity index (χ2n) is 3.86. The minimum Gasteiger partial charge on any atom is -0.478 e. The van der Waals surface area contributed by atoms with Gasteiger partial charge in [-0.2, -0.15) is 0 Å². The van der Waals surface area contributed by atoms with Gasteiger partial charge in [-0.15, -0.1) is 0 Å². The second kappa shape index (κ2) is 5.31. The van der Waals surface area contributed by atoms with Crippen LogP contribution in [0.5, 0.6) is 5.88 Å². The summed E-state index contributed by atoms with van der Waals surface area (Å²) in [5, 5.41) is 8.75. The van der Waals surface area contributed by atoms with Crippen molar-refractivity contribution in [1.29, 1.82) is 0 Å². The number of pyridine rings is 1. The van der Waals surface area contributed by atoms with Crippen molar-refractivity contribution in [3.05, 3.63) is 59.8 Å². The predicted octanol–water partition coefficient (Wildman–Crippen LogP) is 2.92. The average molecular weight is 243 g/mol. The van der Waals surface area contributed by atoms with Crippen LogP contribution in [0.3, 0.4) is 0 Å². The number of hydrogen-bond acceptors (Lipinski definition) is 3. The van der Waals surface area contributed by atoms with Gasteiger partial charge < -0.3 is 9.84 Å². The fourth-order valence-corrected chi connectivity index (χ4v) is 1.55. The van der Waals surface area contributed by atoms with Gasteiger partial charge in [0.25, 0.3) is 0 Å². The number of nitrogens with zero attached hydrogens (tertiary/aromatic N) is 1. The standard InChI is InChI=1S/C14H13NO3/c1-10(11-5-3-2-4-6-11)18-13-8-7-12(9-15-13)14(16)17/h2-10H,1H3,(H,16,17)/t10-/m1/s1. The molecule has 4 nitrogen and oxygen atoms in total. The van der Waals surface area contributed by atoms with Crippen LogP contribution in [0.25, 0.3) is 0 Å². The molecule has 0 bridgehead atoms. The number of carboxylic acids is 1. The number of rotatable bonds is 4. The highest BCUT2D eigenvalue weighted by Crippen LogP contribution is 2.19. The van der Waals surface area contributed by atoms with Crippen LogP contribution in [-0.4, -0.2) is 16.1 Å². The average Bonchev–Trinajstić information content (AvgIpc) is 2.40. The van der Waals surface area contributed by atoms with Gasteiger partial charge in [-0.25, -0.2) is 9.78 Å². The van der Waals surface area contributed by atoms with Crippen LogP contribution in [0.4, 0.5) is 0 Å². The third-order valence-corrected chi connectivity index (χ3v) is 2.55. The molecule has 4 heteroatoms. The Morgan fingerprint density at radius 1 is 1.22 bits per heavy atom. The number of aromatic carboxylic acids is 1. The molecule has 0 aliphatic carbocycles. The van der Waals surface area contributed by atoms with Crippen molar-refractivity contribution in [2.24, 2.45) is 0 Å². The van der Waals surface area contributed by atoms with Crippen LogP contribution in [0, 0.1) is 0 Å². The molecule has 18 heavy (non-hydrogen) atoms. The molecule has 1 aromatic carbocycles. The van der Waals surface area contributed by atoms with Crippen molar-refractivity contribution >= 4 is 5.97 Å².